The number of para-hydroxylation sites is 1. The second kappa shape index (κ2) is 19.1. The van der Waals surface area contributed by atoms with Gasteiger partial charge in [0.25, 0.3) is 5.91 Å². The fraction of sp³-hybridized carbons (Fsp3) is 0.511. The molecule has 15 nitrogen and oxygen atoms in total. The number of piperidine rings is 1. The highest BCUT2D eigenvalue weighted by molar-refractivity contribution is 6.03. The summed E-state index contributed by atoms with van der Waals surface area (Å²) in [6.07, 6.45) is 10.1. The van der Waals surface area contributed by atoms with E-state index in [9.17, 15) is 24.0 Å². The highest BCUT2D eigenvalue weighted by Crippen LogP contribution is 2.34. The second-order valence-electron chi connectivity index (χ2n) is 16.3. The van der Waals surface area contributed by atoms with Crippen LogP contribution in [0, 0.1) is 23.7 Å². The molecule has 2 aliphatic heterocycles. The van der Waals surface area contributed by atoms with Gasteiger partial charge in [-0.25, -0.2) is 9.78 Å². The van der Waals surface area contributed by atoms with Crippen molar-refractivity contribution in [1.29, 1.82) is 0 Å². The van der Waals surface area contributed by atoms with Crippen molar-refractivity contribution >= 4 is 45.4 Å². The number of ether oxygens (including phenoxy) is 3. The minimum absolute atomic E-state index is 0.0126. The minimum Gasteiger partial charge on any atom is -0.496 e. The predicted molar refractivity (Wildman–Crippen MR) is 226 cm³/mol. The fourth-order valence-corrected chi connectivity index (χ4v) is 8.86. The molecule has 2 aromatic carbocycles. The van der Waals surface area contributed by atoms with Crippen LogP contribution in [0.1, 0.15) is 91.7 Å². The number of aryl methyl sites for hydroxylation is 2. The maximum absolute atomic E-state index is 13.2. The average Bonchev–Trinajstić information content (AvgIpc) is 3.77. The van der Waals surface area contributed by atoms with Crippen molar-refractivity contribution in [3.8, 4) is 23.5 Å². The van der Waals surface area contributed by atoms with E-state index in [2.05, 4.69) is 39.4 Å². The molecule has 318 valence electrons. The molecule has 4 aromatic rings. The van der Waals surface area contributed by atoms with E-state index in [4.69, 9.17) is 19.9 Å². The number of carbonyl (C=O) groups is 4. The number of hydrogen-bond donors (Lipinski definition) is 3. The largest absolute Gasteiger partial charge is 0.496 e. The number of aromatic nitrogens is 3. The zero-order valence-electron chi connectivity index (χ0n) is 34.7. The molecule has 7 rings (SSSR count). The van der Waals surface area contributed by atoms with Gasteiger partial charge in [-0.2, -0.15) is 0 Å². The Bertz CT molecular complexity index is 2390. The number of imide groups is 1. The molecule has 2 atom stereocenters. The lowest BCUT2D eigenvalue weighted by molar-refractivity contribution is -0.135. The molecule has 1 unspecified atom stereocenters. The zero-order chi connectivity index (χ0) is 42.3. The average molecular weight is 822 g/mol. The van der Waals surface area contributed by atoms with Crippen molar-refractivity contribution in [3.63, 3.8) is 0 Å². The third kappa shape index (κ3) is 9.66. The predicted octanol–water partition coefficient (Wildman–Crippen LogP) is 3.76. The van der Waals surface area contributed by atoms with Crippen molar-refractivity contribution in [3.05, 3.63) is 63.7 Å². The third-order valence-corrected chi connectivity index (χ3v) is 12.0. The van der Waals surface area contributed by atoms with E-state index in [0.29, 0.717) is 71.9 Å². The van der Waals surface area contributed by atoms with E-state index >= 15 is 0 Å². The summed E-state index contributed by atoms with van der Waals surface area (Å²) in [6.45, 7) is 3.54. The number of rotatable bonds is 16. The Morgan fingerprint density at radius 2 is 1.78 bits per heavy atom. The number of primary amides is 1. The van der Waals surface area contributed by atoms with Crippen LogP contribution >= 0.6 is 0 Å². The molecule has 1 saturated carbocycles. The molecule has 4 N–H and O–H groups in total. The zero-order valence-corrected chi connectivity index (χ0v) is 34.7. The molecule has 0 bridgehead atoms. The summed E-state index contributed by atoms with van der Waals surface area (Å²) < 4.78 is 20.7. The first kappa shape index (κ1) is 42.4. The molecule has 4 heterocycles. The number of hydrogen-bond acceptors (Lipinski definition) is 10. The monoisotopic (exact) mass is 821 g/mol. The number of nitrogens with two attached hydrogens (primary N) is 1. The number of carbonyl (C=O) groups excluding carboxylic acids is 4. The van der Waals surface area contributed by atoms with Crippen LogP contribution < -0.4 is 31.5 Å². The van der Waals surface area contributed by atoms with E-state index in [1.807, 2.05) is 18.2 Å². The van der Waals surface area contributed by atoms with Crippen LogP contribution in [0.4, 0.5) is 0 Å². The fourth-order valence-electron chi connectivity index (χ4n) is 8.86. The Balaban J connectivity index is 0.852. The summed E-state index contributed by atoms with van der Waals surface area (Å²) in [5.74, 6) is 7.08. The first-order chi connectivity index (χ1) is 29.0. The molecule has 15 heteroatoms. The van der Waals surface area contributed by atoms with Gasteiger partial charge in [0.15, 0.2) is 0 Å². The number of nitrogens with one attached hydrogen (secondary N) is 2. The molecule has 0 spiro atoms. The number of imidazole rings is 1. The van der Waals surface area contributed by atoms with Gasteiger partial charge < -0.3 is 30.2 Å². The molecule has 0 radical (unpaired) electrons. The molecule has 2 aromatic heterocycles. The lowest BCUT2D eigenvalue weighted by Gasteiger charge is -2.29. The van der Waals surface area contributed by atoms with Crippen molar-refractivity contribution in [1.82, 2.24) is 29.7 Å². The maximum Gasteiger partial charge on any atom is 0.329 e. The first-order valence-electron chi connectivity index (χ1n) is 21.0. The van der Waals surface area contributed by atoms with Gasteiger partial charge in [0, 0.05) is 69.1 Å². The van der Waals surface area contributed by atoms with Crippen molar-refractivity contribution < 1.29 is 33.4 Å². The Morgan fingerprint density at radius 1 is 1.00 bits per heavy atom. The quantitative estimate of drug-likeness (QED) is 0.0853. The number of benzene rings is 2. The maximum atomic E-state index is 13.2. The SMILES string of the molecule is COc1cc2c(OC[C@@H]3CCC(=O)N3)ncc(C#CC3CCC(CN(C)CCCOCCCc4cccc5c4n(C)c(=O)n5C4CCC(=O)NC4=O)CC3)c2cc1C(N)=O. The molecule has 2 saturated heterocycles. The van der Waals surface area contributed by atoms with Crippen LogP contribution in [-0.2, 0) is 32.6 Å². The Kier molecular flexibility index (Phi) is 13.5. The van der Waals surface area contributed by atoms with Gasteiger partial charge in [-0.15, -0.1) is 0 Å². The molecule has 3 fully saturated rings. The van der Waals surface area contributed by atoms with E-state index in [0.717, 1.165) is 69.1 Å². The molecule has 4 amide bonds. The van der Waals surface area contributed by atoms with Crippen molar-refractivity contribution in [2.45, 2.75) is 82.7 Å². The lowest BCUT2D eigenvalue weighted by Crippen LogP contribution is -2.44. The van der Waals surface area contributed by atoms with Crippen LogP contribution in [0.25, 0.3) is 21.8 Å². The van der Waals surface area contributed by atoms with E-state index in [-0.39, 0.29) is 48.1 Å². The number of fused-ring (bicyclic) bond motifs is 2. The highest BCUT2D eigenvalue weighted by Gasteiger charge is 2.32. The van der Waals surface area contributed by atoms with E-state index in [1.54, 1.807) is 29.9 Å². The summed E-state index contributed by atoms with van der Waals surface area (Å²) in [5, 5.41) is 6.65. The second-order valence-corrected chi connectivity index (χ2v) is 16.3. The van der Waals surface area contributed by atoms with E-state index < -0.39 is 17.9 Å². The number of nitrogens with zero attached hydrogens (tertiary/aromatic N) is 4. The van der Waals surface area contributed by atoms with Gasteiger partial charge >= 0.3 is 5.69 Å². The van der Waals surface area contributed by atoms with Gasteiger partial charge in [0.2, 0.25) is 23.6 Å². The summed E-state index contributed by atoms with van der Waals surface area (Å²) in [6, 6.07) is 8.42. The highest BCUT2D eigenvalue weighted by atomic mass is 16.5. The third-order valence-electron chi connectivity index (χ3n) is 12.0. The molecule has 3 aliphatic rings. The lowest BCUT2D eigenvalue weighted by atomic mass is 9.82. The van der Waals surface area contributed by atoms with Crippen molar-refractivity contribution in [2.75, 3.05) is 47.1 Å². The summed E-state index contributed by atoms with van der Waals surface area (Å²) in [7, 11) is 5.38. The Morgan fingerprint density at radius 3 is 2.52 bits per heavy atom. The van der Waals surface area contributed by atoms with Gasteiger partial charge in [0.05, 0.1) is 35.3 Å². The molecular weight excluding hydrogens is 767 g/mol. The smallest absolute Gasteiger partial charge is 0.329 e. The van der Waals surface area contributed by atoms with Crippen LogP contribution in [0.2, 0.25) is 0 Å². The topological polar surface area (TPSA) is 189 Å². The molecular formula is C45H55N7O8. The van der Waals surface area contributed by atoms with Gasteiger partial charge in [-0.1, -0.05) is 24.0 Å². The summed E-state index contributed by atoms with van der Waals surface area (Å²) in [5.41, 5.74) is 8.93. The molecule has 1 aliphatic carbocycles. The number of methoxy groups -OCH3 is 1. The van der Waals surface area contributed by atoms with Gasteiger partial charge in [0.1, 0.15) is 18.4 Å². The number of pyridine rings is 1. The van der Waals surface area contributed by atoms with Crippen molar-refractivity contribution in [2.24, 2.45) is 24.6 Å². The first-order valence-corrected chi connectivity index (χ1v) is 21.0. The van der Waals surface area contributed by atoms with Crippen LogP contribution in [-0.4, -0.2) is 95.8 Å². The summed E-state index contributed by atoms with van der Waals surface area (Å²) >= 11 is 0. The molecule has 60 heavy (non-hydrogen) atoms. The Labute approximate surface area is 349 Å². The standard InChI is InChI=1S/C45H55N7O8/c1-50(20-6-22-59-21-5-8-30-7-4-9-36-41(30)51(2)45(57)52(36)37-17-19-40(54)49-43(37)56)26-29-12-10-28(11-13-29)14-15-31-25-47-44(60-27-32-16-18-39(53)48-32)34-24-38(58-3)35(42(46)55)23-33(31)34/h4,7,9,23-25,28-29,32,37H,5-6,8,10-13,16-22,26-27H2,1-3H3,(H2,46,55)(H,48,53)(H,49,54,56)/t28?,29?,32-,37?/m0/s1. The van der Waals surface area contributed by atoms with Crippen LogP contribution in [0.5, 0.6) is 11.6 Å². The van der Waals surface area contributed by atoms with E-state index in [1.165, 1.54) is 11.7 Å². The van der Waals surface area contributed by atoms with Crippen LogP contribution in [0.15, 0.2) is 41.3 Å². The van der Waals surface area contributed by atoms with Gasteiger partial charge in [-0.3, -0.25) is 33.6 Å². The minimum atomic E-state index is -0.700. The number of amides is 4. The Hall–Kier alpha value is -5.72. The summed E-state index contributed by atoms with van der Waals surface area (Å²) in [4.78, 5) is 68.4. The van der Waals surface area contributed by atoms with Gasteiger partial charge in [-0.05, 0) is 94.5 Å². The normalized spacial score (nSPS) is 20.6. The van der Waals surface area contributed by atoms with Crippen LogP contribution in [0.3, 0.4) is 0 Å².